The van der Waals surface area contributed by atoms with Gasteiger partial charge in [-0.15, -0.1) is 0 Å². The highest BCUT2D eigenvalue weighted by molar-refractivity contribution is 5.94. The van der Waals surface area contributed by atoms with Gasteiger partial charge in [0, 0.05) is 30.2 Å². The number of amides is 1. The van der Waals surface area contributed by atoms with Gasteiger partial charge in [-0.3, -0.25) is 14.8 Å². The van der Waals surface area contributed by atoms with Crippen molar-refractivity contribution in [1.29, 1.82) is 0 Å². The first kappa shape index (κ1) is 13.0. The van der Waals surface area contributed by atoms with Gasteiger partial charge in [0.25, 0.3) is 5.91 Å². The van der Waals surface area contributed by atoms with Gasteiger partial charge in [0.05, 0.1) is 18.4 Å². The minimum atomic E-state index is -0.0528. The smallest absolute Gasteiger partial charge is 0.251 e. The lowest BCUT2D eigenvalue weighted by Gasteiger charge is -2.07. The third-order valence-electron chi connectivity index (χ3n) is 2.57. The highest BCUT2D eigenvalue weighted by atomic mass is 16.1. The molecule has 0 aliphatic rings. The van der Waals surface area contributed by atoms with Gasteiger partial charge in [0.1, 0.15) is 0 Å². The number of nitrogens with zero attached hydrogens (tertiary/aromatic N) is 2. The molecule has 2 aromatic rings. The molecule has 1 heterocycles. The summed E-state index contributed by atoms with van der Waals surface area (Å²) >= 11 is 0. The first-order chi connectivity index (χ1) is 9.29. The van der Waals surface area contributed by atoms with Crippen molar-refractivity contribution in [2.24, 2.45) is 0 Å². The number of rotatable bonds is 5. The second-order valence-corrected chi connectivity index (χ2v) is 3.99. The fraction of sp³-hybridized carbons (Fsp3) is 0.214. The third kappa shape index (κ3) is 3.77. The predicted octanol–water partition coefficient (Wildman–Crippen LogP) is 1.84. The van der Waals surface area contributed by atoms with Crippen LogP contribution in [0.4, 0.5) is 5.69 Å². The minimum Gasteiger partial charge on any atom is -0.379 e. The quantitative estimate of drug-likeness (QED) is 0.856. The molecular weight excluding hydrogens is 240 g/mol. The van der Waals surface area contributed by atoms with Gasteiger partial charge in [-0.1, -0.05) is 0 Å². The summed E-state index contributed by atoms with van der Waals surface area (Å²) in [6.07, 6.45) is 5.02. The zero-order chi connectivity index (χ0) is 13.5. The molecule has 0 saturated carbocycles. The van der Waals surface area contributed by atoms with Crippen molar-refractivity contribution in [3.05, 3.63) is 54.1 Å². The molecule has 2 N–H and O–H groups in total. The summed E-state index contributed by atoms with van der Waals surface area (Å²) in [4.78, 5) is 19.8. The number of hydrogen-bond donors (Lipinski definition) is 2. The number of hydrogen-bond acceptors (Lipinski definition) is 4. The molecule has 0 unspecified atom stereocenters. The number of carbonyl (C=O) groups is 1. The van der Waals surface area contributed by atoms with Crippen LogP contribution in [-0.2, 0) is 6.54 Å². The van der Waals surface area contributed by atoms with E-state index < -0.39 is 0 Å². The molecule has 0 bridgehead atoms. The number of nitrogens with one attached hydrogen (secondary N) is 2. The molecule has 2 rings (SSSR count). The van der Waals surface area contributed by atoms with Crippen LogP contribution in [0.2, 0.25) is 0 Å². The maximum Gasteiger partial charge on any atom is 0.251 e. The first-order valence-electron chi connectivity index (χ1n) is 6.16. The van der Waals surface area contributed by atoms with Crippen LogP contribution >= 0.6 is 0 Å². The highest BCUT2D eigenvalue weighted by Crippen LogP contribution is 2.10. The Morgan fingerprint density at radius 1 is 1.21 bits per heavy atom. The fourth-order valence-electron chi connectivity index (χ4n) is 1.62. The Bertz CT molecular complexity index is 525. The summed E-state index contributed by atoms with van der Waals surface area (Å²) in [6, 6.07) is 7.34. The lowest BCUT2D eigenvalue weighted by Crippen LogP contribution is -2.22. The van der Waals surface area contributed by atoms with Crippen molar-refractivity contribution in [2.75, 3.05) is 11.9 Å². The molecule has 0 atom stereocenters. The van der Waals surface area contributed by atoms with E-state index in [4.69, 9.17) is 0 Å². The van der Waals surface area contributed by atoms with Gasteiger partial charge >= 0.3 is 0 Å². The van der Waals surface area contributed by atoms with E-state index in [0.29, 0.717) is 18.7 Å². The maximum absolute atomic E-state index is 11.6. The molecule has 0 spiro atoms. The van der Waals surface area contributed by atoms with Gasteiger partial charge in [-0.05, 0) is 31.2 Å². The normalized spacial score (nSPS) is 9.95. The zero-order valence-electron chi connectivity index (χ0n) is 10.8. The summed E-state index contributed by atoms with van der Waals surface area (Å²) in [5, 5.41) is 5.99. The van der Waals surface area contributed by atoms with Crippen LogP contribution in [-0.4, -0.2) is 22.4 Å². The molecule has 0 fully saturated rings. The molecule has 0 saturated heterocycles. The summed E-state index contributed by atoms with van der Waals surface area (Å²) in [7, 11) is 0. The fourth-order valence-corrected chi connectivity index (χ4v) is 1.62. The van der Waals surface area contributed by atoms with Crippen molar-refractivity contribution in [1.82, 2.24) is 15.3 Å². The van der Waals surface area contributed by atoms with Crippen molar-refractivity contribution >= 4 is 11.6 Å². The van der Waals surface area contributed by atoms with Crippen LogP contribution in [0, 0.1) is 0 Å². The Hall–Kier alpha value is -2.43. The van der Waals surface area contributed by atoms with Crippen molar-refractivity contribution in [2.45, 2.75) is 13.5 Å². The number of aromatic nitrogens is 2. The van der Waals surface area contributed by atoms with E-state index in [1.165, 1.54) is 0 Å². The average Bonchev–Trinajstić information content (AvgIpc) is 2.47. The number of carbonyl (C=O) groups excluding carboxylic acids is 1. The Morgan fingerprint density at radius 3 is 2.63 bits per heavy atom. The SMILES string of the molecule is CCNC(=O)c1ccc(NCc2cnccn2)cc1. The van der Waals surface area contributed by atoms with Gasteiger partial charge < -0.3 is 10.6 Å². The van der Waals surface area contributed by atoms with Crippen LogP contribution < -0.4 is 10.6 Å². The number of benzene rings is 1. The average molecular weight is 256 g/mol. The zero-order valence-corrected chi connectivity index (χ0v) is 10.8. The maximum atomic E-state index is 11.6. The Morgan fingerprint density at radius 2 is 2.00 bits per heavy atom. The van der Waals surface area contributed by atoms with Crippen LogP contribution in [0.25, 0.3) is 0 Å². The second kappa shape index (κ2) is 6.49. The van der Waals surface area contributed by atoms with Crippen LogP contribution in [0.5, 0.6) is 0 Å². The molecule has 1 aromatic carbocycles. The predicted molar refractivity (Wildman–Crippen MR) is 73.8 cm³/mol. The Balaban J connectivity index is 1.94. The van der Waals surface area contributed by atoms with Crippen molar-refractivity contribution < 1.29 is 4.79 Å². The highest BCUT2D eigenvalue weighted by Gasteiger charge is 2.03. The van der Waals surface area contributed by atoms with E-state index >= 15 is 0 Å². The van der Waals surface area contributed by atoms with E-state index in [-0.39, 0.29) is 5.91 Å². The lowest BCUT2D eigenvalue weighted by atomic mass is 10.2. The topological polar surface area (TPSA) is 66.9 Å². The van der Waals surface area contributed by atoms with Crippen LogP contribution in [0.1, 0.15) is 23.0 Å². The monoisotopic (exact) mass is 256 g/mol. The molecule has 0 radical (unpaired) electrons. The van der Waals surface area contributed by atoms with E-state index in [1.807, 2.05) is 19.1 Å². The summed E-state index contributed by atoms with van der Waals surface area (Å²) < 4.78 is 0. The van der Waals surface area contributed by atoms with E-state index in [0.717, 1.165) is 11.4 Å². The molecule has 1 amide bonds. The van der Waals surface area contributed by atoms with E-state index in [2.05, 4.69) is 20.6 Å². The van der Waals surface area contributed by atoms with Crippen LogP contribution in [0.15, 0.2) is 42.9 Å². The summed E-state index contributed by atoms with van der Waals surface area (Å²) in [5.41, 5.74) is 2.47. The molecule has 5 heteroatoms. The second-order valence-electron chi connectivity index (χ2n) is 3.99. The third-order valence-corrected chi connectivity index (χ3v) is 2.57. The molecule has 0 aliphatic heterocycles. The number of anilines is 1. The van der Waals surface area contributed by atoms with Gasteiger partial charge in [0.15, 0.2) is 0 Å². The van der Waals surface area contributed by atoms with Crippen molar-refractivity contribution in [3.8, 4) is 0 Å². The molecule has 5 nitrogen and oxygen atoms in total. The van der Waals surface area contributed by atoms with Crippen LogP contribution in [0.3, 0.4) is 0 Å². The molecule has 19 heavy (non-hydrogen) atoms. The summed E-state index contributed by atoms with van der Waals surface area (Å²) in [6.45, 7) is 3.13. The standard InChI is InChI=1S/C14H16N4O/c1-2-16-14(19)11-3-5-12(6-4-11)18-10-13-9-15-7-8-17-13/h3-9,18H,2,10H2,1H3,(H,16,19). The Labute approximate surface area is 112 Å². The largest absolute Gasteiger partial charge is 0.379 e. The summed E-state index contributed by atoms with van der Waals surface area (Å²) in [5.74, 6) is -0.0528. The molecular formula is C14H16N4O. The first-order valence-corrected chi connectivity index (χ1v) is 6.16. The van der Waals surface area contributed by atoms with Gasteiger partial charge in [-0.2, -0.15) is 0 Å². The lowest BCUT2D eigenvalue weighted by molar-refractivity contribution is 0.0956. The van der Waals surface area contributed by atoms with Gasteiger partial charge in [0.2, 0.25) is 0 Å². The minimum absolute atomic E-state index is 0.0528. The molecule has 98 valence electrons. The van der Waals surface area contributed by atoms with E-state index in [1.54, 1.807) is 30.7 Å². The van der Waals surface area contributed by atoms with E-state index in [9.17, 15) is 4.79 Å². The molecule has 0 aliphatic carbocycles. The van der Waals surface area contributed by atoms with Gasteiger partial charge in [-0.25, -0.2) is 0 Å². The Kier molecular flexibility index (Phi) is 4.44. The molecule has 1 aromatic heterocycles. The van der Waals surface area contributed by atoms with Crippen molar-refractivity contribution in [3.63, 3.8) is 0 Å².